The van der Waals surface area contributed by atoms with Gasteiger partial charge >= 0.3 is 5.97 Å². The van der Waals surface area contributed by atoms with Crippen LogP contribution >= 0.6 is 0 Å². The van der Waals surface area contributed by atoms with Gasteiger partial charge in [0, 0.05) is 37.1 Å². The molecule has 6 nitrogen and oxygen atoms in total. The van der Waals surface area contributed by atoms with E-state index in [-0.39, 0.29) is 31.0 Å². The first-order chi connectivity index (χ1) is 11.3. The lowest BCUT2D eigenvalue weighted by Gasteiger charge is -2.25. The number of carboxylic acids is 1. The first-order valence-corrected chi connectivity index (χ1v) is 8.62. The summed E-state index contributed by atoms with van der Waals surface area (Å²) < 4.78 is 7.76. The topological polar surface area (TPSA) is 71.8 Å². The molecule has 0 spiro atoms. The second kappa shape index (κ2) is 7.83. The van der Waals surface area contributed by atoms with Crippen LogP contribution in [0.4, 0.5) is 0 Å². The molecule has 1 atom stereocenters. The normalized spacial score (nSPS) is 17.5. The first-order valence-electron chi connectivity index (χ1n) is 8.62. The fraction of sp³-hybridized carbons (Fsp3) is 0.667. The summed E-state index contributed by atoms with van der Waals surface area (Å²) in [5, 5.41) is 8.98. The number of amides is 1. The van der Waals surface area contributed by atoms with Gasteiger partial charge in [0.2, 0.25) is 0 Å². The van der Waals surface area contributed by atoms with E-state index in [1.165, 1.54) is 0 Å². The minimum atomic E-state index is -0.896. The van der Waals surface area contributed by atoms with Gasteiger partial charge < -0.3 is 19.3 Å². The highest BCUT2D eigenvalue weighted by Gasteiger charge is 2.26. The van der Waals surface area contributed by atoms with Gasteiger partial charge in [0.1, 0.15) is 0 Å². The molecule has 0 unspecified atom stereocenters. The molecular weight excluding hydrogens is 308 g/mol. The highest BCUT2D eigenvalue weighted by molar-refractivity contribution is 5.96. The van der Waals surface area contributed by atoms with Crippen LogP contribution in [0.25, 0.3) is 0 Å². The van der Waals surface area contributed by atoms with Gasteiger partial charge in [0.15, 0.2) is 0 Å². The average molecular weight is 336 g/mol. The fourth-order valence-electron chi connectivity index (χ4n) is 3.50. The number of aromatic nitrogens is 1. The van der Waals surface area contributed by atoms with Gasteiger partial charge in [-0.3, -0.25) is 9.59 Å². The van der Waals surface area contributed by atoms with E-state index in [0.717, 1.165) is 24.2 Å². The van der Waals surface area contributed by atoms with Gasteiger partial charge in [-0.2, -0.15) is 0 Å². The number of rotatable bonds is 7. The Balaban J connectivity index is 2.22. The average Bonchev–Trinajstić information content (AvgIpc) is 3.10. The zero-order valence-electron chi connectivity index (χ0n) is 15.0. The Bertz CT molecular complexity index is 600. The molecule has 1 fully saturated rings. The van der Waals surface area contributed by atoms with E-state index in [9.17, 15) is 9.59 Å². The predicted molar refractivity (Wildman–Crippen MR) is 91.4 cm³/mol. The number of nitrogens with zero attached hydrogens (tertiary/aromatic N) is 2. The van der Waals surface area contributed by atoms with E-state index >= 15 is 0 Å². The monoisotopic (exact) mass is 336 g/mol. The third kappa shape index (κ3) is 4.17. The molecule has 1 aromatic rings. The smallest absolute Gasteiger partial charge is 0.305 e. The Labute approximate surface area is 143 Å². The molecule has 134 valence electrons. The molecule has 6 heteroatoms. The van der Waals surface area contributed by atoms with E-state index in [1.807, 2.05) is 19.9 Å². The van der Waals surface area contributed by atoms with Crippen molar-refractivity contribution < 1.29 is 19.4 Å². The molecule has 1 amide bonds. The van der Waals surface area contributed by atoms with Crippen molar-refractivity contribution in [3.63, 3.8) is 0 Å². The summed E-state index contributed by atoms with van der Waals surface area (Å²) in [5.41, 5.74) is 2.63. The van der Waals surface area contributed by atoms with Crippen molar-refractivity contribution in [3.8, 4) is 0 Å². The molecule has 0 aliphatic carbocycles. The second-order valence-corrected chi connectivity index (χ2v) is 6.78. The summed E-state index contributed by atoms with van der Waals surface area (Å²) >= 11 is 0. The van der Waals surface area contributed by atoms with Crippen LogP contribution in [0.5, 0.6) is 0 Å². The SMILES string of the molecule is Cc1cc(C(=O)N(CCC(=O)O)C[C@@H]2CCCO2)c(C)n1C(C)C. The van der Waals surface area contributed by atoms with Crippen molar-refractivity contribution in [3.05, 3.63) is 23.0 Å². The minimum Gasteiger partial charge on any atom is -0.481 e. The Kier molecular flexibility index (Phi) is 6.04. The molecule has 1 aromatic heterocycles. The number of hydrogen-bond acceptors (Lipinski definition) is 3. The van der Waals surface area contributed by atoms with Crippen molar-refractivity contribution in [1.82, 2.24) is 9.47 Å². The molecule has 24 heavy (non-hydrogen) atoms. The zero-order chi connectivity index (χ0) is 17.9. The van der Waals surface area contributed by atoms with Gasteiger partial charge in [-0.15, -0.1) is 0 Å². The van der Waals surface area contributed by atoms with Crippen LogP contribution < -0.4 is 0 Å². The molecule has 0 radical (unpaired) electrons. The number of carboxylic acid groups (broad SMARTS) is 1. The largest absolute Gasteiger partial charge is 0.481 e. The molecule has 0 saturated carbocycles. The number of carbonyl (C=O) groups excluding carboxylic acids is 1. The quantitative estimate of drug-likeness (QED) is 0.831. The van der Waals surface area contributed by atoms with E-state index in [1.54, 1.807) is 4.90 Å². The summed E-state index contributed by atoms with van der Waals surface area (Å²) in [6.07, 6.45) is 1.87. The highest BCUT2D eigenvalue weighted by Crippen LogP contribution is 2.22. The molecule has 1 aliphatic rings. The van der Waals surface area contributed by atoms with Gasteiger partial charge in [-0.1, -0.05) is 0 Å². The maximum absolute atomic E-state index is 13.0. The van der Waals surface area contributed by atoms with Crippen molar-refractivity contribution in [2.45, 2.75) is 59.1 Å². The van der Waals surface area contributed by atoms with Crippen LogP contribution in [0.15, 0.2) is 6.07 Å². The van der Waals surface area contributed by atoms with Gasteiger partial charge in [0.05, 0.1) is 18.1 Å². The first kappa shape index (κ1) is 18.5. The number of hydrogen-bond donors (Lipinski definition) is 1. The van der Waals surface area contributed by atoms with Gasteiger partial charge in [0.25, 0.3) is 5.91 Å². The molecule has 1 N–H and O–H groups in total. The maximum atomic E-state index is 13.0. The van der Waals surface area contributed by atoms with Crippen molar-refractivity contribution in [2.24, 2.45) is 0 Å². The van der Waals surface area contributed by atoms with Gasteiger partial charge in [-0.05, 0) is 46.6 Å². The Morgan fingerprint density at radius 1 is 1.42 bits per heavy atom. The van der Waals surface area contributed by atoms with Crippen LogP contribution in [-0.4, -0.2) is 52.3 Å². The zero-order valence-corrected chi connectivity index (χ0v) is 15.0. The molecule has 1 aliphatic heterocycles. The lowest BCUT2D eigenvalue weighted by molar-refractivity contribution is -0.137. The molecule has 2 heterocycles. The third-order valence-corrected chi connectivity index (χ3v) is 4.56. The number of aryl methyl sites for hydroxylation is 1. The van der Waals surface area contributed by atoms with E-state index in [2.05, 4.69) is 18.4 Å². The van der Waals surface area contributed by atoms with Crippen molar-refractivity contribution in [2.75, 3.05) is 19.7 Å². The van der Waals surface area contributed by atoms with Crippen LogP contribution in [0.3, 0.4) is 0 Å². The van der Waals surface area contributed by atoms with Crippen molar-refractivity contribution >= 4 is 11.9 Å². The van der Waals surface area contributed by atoms with E-state index in [0.29, 0.717) is 18.7 Å². The maximum Gasteiger partial charge on any atom is 0.305 e. The van der Waals surface area contributed by atoms with Crippen molar-refractivity contribution in [1.29, 1.82) is 0 Å². The standard InChI is InChI=1S/C18H28N2O4/c1-12(2)20-13(3)10-16(14(20)4)18(23)19(8-7-17(21)22)11-15-6-5-9-24-15/h10,12,15H,5-9,11H2,1-4H3,(H,21,22)/t15-/m0/s1. The molecular formula is C18H28N2O4. The van der Waals surface area contributed by atoms with Crippen LogP contribution in [0.1, 0.15) is 60.9 Å². The molecule has 0 aromatic carbocycles. The Morgan fingerprint density at radius 2 is 2.12 bits per heavy atom. The lowest BCUT2D eigenvalue weighted by atomic mass is 10.1. The summed E-state index contributed by atoms with van der Waals surface area (Å²) in [5.74, 6) is -1.00. The third-order valence-electron chi connectivity index (χ3n) is 4.56. The molecule has 2 rings (SSSR count). The summed E-state index contributed by atoms with van der Waals surface area (Å²) in [7, 11) is 0. The number of ether oxygens (including phenoxy) is 1. The van der Waals surface area contributed by atoms with Crippen LogP contribution in [0, 0.1) is 13.8 Å². The summed E-state index contributed by atoms with van der Waals surface area (Å²) in [6, 6.07) is 2.18. The summed E-state index contributed by atoms with van der Waals surface area (Å²) in [6.45, 7) is 9.49. The number of aliphatic carboxylic acids is 1. The van der Waals surface area contributed by atoms with Crippen LogP contribution in [-0.2, 0) is 9.53 Å². The predicted octanol–water partition coefficient (Wildman–Crippen LogP) is 2.78. The molecule has 0 bridgehead atoms. The highest BCUT2D eigenvalue weighted by atomic mass is 16.5. The second-order valence-electron chi connectivity index (χ2n) is 6.78. The van der Waals surface area contributed by atoms with E-state index in [4.69, 9.17) is 9.84 Å². The number of carbonyl (C=O) groups is 2. The van der Waals surface area contributed by atoms with E-state index < -0.39 is 5.97 Å². The summed E-state index contributed by atoms with van der Waals surface area (Å²) in [4.78, 5) is 25.6. The van der Waals surface area contributed by atoms with Crippen LogP contribution in [0.2, 0.25) is 0 Å². The minimum absolute atomic E-state index is 0.0105. The van der Waals surface area contributed by atoms with Gasteiger partial charge in [-0.25, -0.2) is 0 Å². The fourth-order valence-corrected chi connectivity index (χ4v) is 3.50. The molecule has 1 saturated heterocycles. The Hall–Kier alpha value is -1.82. The lowest BCUT2D eigenvalue weighted by Crippen LogP contribution is -2.39. The Morgan fingerprint density at radius 3 is 2.62 bits per heavy atom.